The highest BCUT2D eigenvalue weighted by Crippen LogP contribution is 2.40. The Balaban J connectivity index is 2.50. The van der Waals surface area contributed by atoms with Crippen LogP contribution in [-0.4, -0.2) is 31.8 Å². The van der Waals surface area contributed by atoms with Gasteiger partial charge in [0, 0.05) is 19.9 Å². The molecule has 1 aliphatic rings. The maximum Gasteiger partial charge on any atom is 0.408 e. The van der Waals surface area contributed by atoms with Gasteiger partial charge in [-0.1, -0.05) is 0 Å². The largest absolute Gasteiger partial charge is 0.466 e. The van der Waals surface area contributed by atoms with Crippen LogP contribution in [0.2, 0.25) is 0 Å². The van der Waals surface area contributed by atoms with Crippen LogP contribution in [-0.2, 0) is 14.3 Å². The molecular formula is C7H11NO4. The predicted molar refractivity (Wildman–Crippen MR) is 39.5 cm³/mol. The first-order valence-corrected chi connectivity index (χ1v) is 3.64. The molecule has 0 spiro atoms. The lowest BCUT2D eigenvalue weighted by Crippen LogP contribution is -2.34. The number of carbonyl (C=O) groups is 2. The van der Waals surface area contributed by atoms with E-state index in [9.17, 15) is 9.59 Å². The number of rotatable bonds is 2. The van der Waals surface area contributed by atoms with E-state index in [0.29, 0.717) is 12.8 Å². The van der Waals surface area contributed by atoms with E-state index in [2.05, 4.69) is 10.1 Å². The molecule has 12 heavy (non-hydrogen) atoms. The Kier molecular flexibility index (Phi) is 2.21. The lowest BCUT2D eigenvalue weighted by atomic mass is 10.3. The number of hydrogen-bond acceptors (Lipinski definition) is 4. The molecule has 5 nitrogen and oxygen atoms in total. The fraction of sp³-hybridized carbons (Fsp3) is 0.714. The third kappa shape index (κ3) is 1.49. The first kappa shape index (κ1) is 8.83. The molecule has 0 aromatic heterocycles. The second-order valence-electron chi connectivity index (χ2n) is 2.63. The van der Waals surface area contributed by atoms with Gasteiger partial charge in [-0.25, -0.2) is 9.59 Å². The first-order chi connectivity index (χ1) is 5.64. The minimum absolute atomic E-state index is 0.480. The van der Waals surface area contributed by atoms with E-state index in [1.807, 2.05) is 0 Å². The van der Waals surface area contributed by atoms with Crippen molar-refractivity contribution in [2.75, 3.05) is 14.2 Å². The lowest BCUT2D eigenvalue weighted by Gasteiger charge is -2.12. The zero-order valence-electron chi connectivity index (χ0n) is 7.05. The molecule has 1 fully saturated rings. The zero-order valence-corrected chi connectivity index (χ0v) is 7.05. The fourth-order valence-corrected chi connectivity index (χ4v) is 0.876. The summed E-state index contributed by atoms with van der Waals surface area (Å²) < 4.78 is 9.31. The Morgan fingerprint density at radius 2 is 2.00 bits per heavy atom. The SMILES string of the molecule is CNC(=O)OC1(C(=O)OC)CC1. The van der Waals surface area contributed by atoms with Crippen LogP contribution in [0.5, 0.6) is 0 Å². The molecule has 5 heteroatoms. The van der Waals surface area contributed by atoms with E-state index in [0.717, 1.165) is 0 Å². The van der Waals surface area contributed by atoms with Crippen LogP contribution in [0, 0.1) is 0 Å². The molecule has 0 heterocycles. The average Bonchev–Trinajstić information content (AvgIpc) is 2.84. The van der Waals surface area contributed by atoms with Gasteiger partial charge in [-0.3, -0.25) is 0 Å². The maximum atomic E-state index is 11.0. The number of alkyl carbamates (subject to hydrolysis) is 1. The third-order valence-corrected chi connectivity index (χ3v) is 1.75. The topological polar surface area (TPSA) is 64.6 Å². The van der Waals surface area contributed by atoms with Crippen molar-refractivity contribution in [2.45, 2.75) is 18.4 Å². The van der Waals surface area contributed by atoms with Crippen LogP contribution in [0.25, 0.3) is 0 Å². The van der Waals surface area contributed by atoms with Crippen molar-refractivity contribution in [1.82, 2.24) is 5.32 Å². The second kappa shape index (κ2) is 3.00. The van der Waals surface area contributed by atoms with Crippen LogP contribution in [0.1, 0.15) is 12.8 Å². The number of ether oxygens (including phenoxy) is 2. The number of esters is 1. The van der Waals surface area contributed by atoms with Crippen molar-refractivity contribution in [3.63, 3.8) is 0 Å². The summed E-state index contributed by atoms with van der Waals surface area (Å²) in [7, 11) is 2.71. The van der Waals surface area contributed by atoms with Gasteiger partial charge in [-0.2, -0.15) is 0 Å². The summed E-state index contributed by atoms with van der Waals surface area (Å²) in [5.41, 5.74) is -0.991. The molecule has 0 atom stereocenters. The predicted octanol–water partition coefficient (Wildman–Crippen LogP) is 0.0480. The first-order valence-electron chi connectivity index (χ1n) is 3.64. The van der Waals surface area contributed by atoms with Crippen molar-refractivity contribution in [3.8, 4) is 0 Å². The Morgan fingerprint density at radius 3 is 2.33 bits per heavy atom. The molecule has 0 saturated heterocycles. The monoisotopic (exact) mass is 173 g/mol. The standard InChI is InChI=1S/C7H11NO4/c1-8-6(10)12-7(3-4-7)5(9)11-2/h3-4H2,1-2H3,(H,8,10). The molecule has 1 N–H and O–H groups in total. The van der Waals surface area contributed by atoms with Gasteiger partial charge in [0.25, 0.3) is 0 Å². The summed E-state index contributed by atoms with van der Waals surface area (Å²) in [6.07, 6.45) is 0.498. The maximum absolute atomic E-state index is 11.0. The Hall–Kier alpha value is -1.26. The van der Waals surface area contributed by atoms with Crippen LogP contribution in [0.3, 0.4) is 0 Å². The summed E-state index contributed by atoms with van der Waals surface area (Å²) in [4.78, 5) is 21.8. The normalized spacial score (nSPS) is 17.8. The van der Waals surface area contributed by atoms with Gasteiger partial charge in [0.1, 0.15) is 0 Å². The van der Waals surface area contributed by atoms with Gasteiger partial charge < -0.3 is 14.8 Å². The van der Waals surface area contributed by atoms with E-state index < -0.39 is 17.7 Å². The van der Waals surface area contributed by atoms with Gasteiger partial charge in [0.2, 0.25) is 5.60 Å². The van der Waals surface area contributed by atoms with Crippen LogP contribution >= 0.6 is 0 Å². The summed E-state index contributed by atoms with van der Waals surface area (Å²) in [5.74, 6) is -0.480. The van der Waals surface area contributed by atoms with Gasteiger partial charge in [0.05, 0.1) is 7.11 Å². The van der Waals surface area contributed by atoms with E-state index >= 15 is 0 Å². The smallest absolute Gasteiger partial charge is 0.408 e. The van der Waals surface area contributed by atoms with Gasteiger partial charge in [-0.05, 0) is 0 Å². The molecule has 0 radical (unpaired) electrons. The molecule has 1 saturated carbocycles. The van der Waals surface area contributed by atoms with Crippen molar-refractivity contribution in [2.24, 2.45) is 0 Å². The Labute approximate surface area is 70.0 Å². The number of methoxy groups -OCH3 is 1. The summed E-state index contributed by atoms with van der Waals surface area (Å²) in [6.45, 7) is 0. The fourth-order valence-electron chi connectivity index (χ4n) is 0.876. The third-order valence-electron chi connectivity index (χ3n) is 1.75. The van der Waals surface area contributed by atoms with Crippen molar-refractivity contribution in [1.29, 1.82) is 0 Å². The highest BCUT2D eigenvalue weighted by molar-refractivity contribution is 5.85. The molecule has 0 unspecified atom stereocenters. The van der Waals surface area contributed by atoms with E-state index in [1.165, 1.54) is 14.2 Å². The number of nitrogens with one attached hydrogen (secondary N) is 1. The lowest BCUT2D eigenvalue weighted by molar-refractivity contribution is -0.152. The van der Waals surface area contributed by atoms with Crippen LogP contribution in [0.15, 0.2) is 0 Å². The minimum Gasteiger partial charge on any atom is -0.466 e. The van der Waals surface area contributed by atoms with Crippen molar-refractivity contribution in [3.05, 3.63) is 0 Å². The number of amides is 1. The molecule has 0 aromatic carbocycles. The molecule has 0 aliphatic heterocycles. The Morgan fingerprint density at radius 1 is 1.42 bits per heavy atom. The van der Waals surface area contributed by atoms with E-state index in [-0.39, 0.29) is 0 Å². The van der Waals surface area contributed by atoms with E-state index in [1.54, 1.807) is 0 Å². The molecule has 0 aromatic rings. The highest BCUT2D eigenvalue weighted by Gasteiger charge is 2.55. The van der Waals surface area contributed by atoms with Crippen molar-refractivity contribution >= 4 is 12.1 Å². The summed E-state index contributed by atoms with van der Waals surface area (Å²) >= 11 is 0. The van der Waals surface area contributed by atoms with E-state index in [4.69, 9.17) is 4.74 Å². The van der Waals surface area contributed by atoms with Crippen LogP contribution < -0.4 is 5.32 Å². The molecule has 68 valence electrons. The number of carbonyl (C=O) groups excluding carboxylic acids is 2. The van der Waals surface area contributed by atoms with Crippen molar-refractivity contribution < 1.29 is 19.1 Å². The quantitative estimate of drug-likeness (QED) is 0.599. The molecule has 1 aliphatic carbocycles. The average molecular weight is 173 g/mol. The molecular weight excluding hydrogens is 162 g/mol. The van der Waals surface area contributed by atoms with Gasteiger partial charge >= 0.3 is 12.1 Å². The molecule has 1 rings (SSSR count). The summed E-state index contributed by atoms with van der Waals surface area (Å²) in [6, 6.07) is 0. The second-order valence-corrected chi connectivity index (χ2v) is 2.63. The van der Waals surface area contributed by atoms with Gasteiger partial charge in [0.15, 0.2) is 0 Å². The minimum atomic E-state index is -0.991. The zero-order chi connectivity index (χ0) is 9.19. The Bertz CT molecular complexity index is 209. The number of hydrogen-bond donors (Lipinski definition) is 1. The molecule has 0 bridgehead atoms. The van der Waals surface area contributed by atoms with Gasteiger partial charge in [-0.15, -0.1) is 0 Å². The highest BCUT2D eigenvalue weighted by atomic mass is 16.6. The summed E-state index contributed by atoms with van der Waals surface area (Å²) in [5, 5.41) is 2.27. The molecule has 1 amide bonds. The van der Waals surface area contributed by atoms with Crippen LogP contribution in [0.4, 0.5) is 4.79 Å².